The largest absolute Gasteiger partial charge is 0.495 e. The predicted octanol–water partition coefficient (Wildman–Crippen LogP) is 1.15. The maximum absolute atomic E-state index is 5.58. The lowest BCUT2D eigenvalue weighted by atomic mass is 10.2. The van der Waals surface area contributed by atoms with E-state index in [0.717, 1.165) is 24.4 Å². The number of nitrogens with two attached hydrogens (primary N) is 1. The number of methoxy groups -OCH3 is 1. The van der Waals surface area contributed by atoms with Crippen molar-refractivity contribution in [3.05, 3.63) is 24.0 Å². The van der Waals surface area contributed by atoms with Crippen LogP contribution < -0.4 is 10.5 Å². The molecule has 0 bridgehead atoms. The van der Waals surface area contributed by atoms with Crippen LogP contribution in [-0.4, -0.2) is 18.6 Å². The van der Waals surface area contributed by atoms with Crippen LogP contribution in [0, 0.1) is 5.92 Å². The Morgan fingerprint density at radius 3 is 3.15 bits per heavy atom. The van der Waals surface area contributed by atoms with Crippen LogP contribution in [0.15, 0.2) is 18.3 Å². The van der Waals surface area contributed by atoms with E-state index in [1.54, 1.807) is 7.11 Å². The van der Waals surface area contributed by atoms with Crippen LogP contribution in [0.2, 0.25) is 0 Å². The molecule has 3 nitrogen and oxygen atoms in total. The highest BCUT2D eigenvalue weighted by Crippen LogP contribution is 2.48. The van der Waals surface area contributed by atoms with Gasteiger partial charge in [-0.1, -0.05) is 0 Å². The topological polar surface area (TPSA) is 48.1 Å². The molecule has 2 unspecified atom stereocenters. The van der Waals surface area contributed by atoms with Crippen molar-refractivity contribution in [2.75, 3.05) is 13.7 Å². The van der Waals surface area contributed by atoms with Crippen LogP contribution >= 0.6 is 0 Å². The SMILES string of the molecule is COc1cccnc1C1CC1CN. The average molecular weight is 178 g/mol. The zero-order valence-electron chi connectivity index (χ0n) is 7.73. The molecule has 1 aromatic heterocycles. The summed E-state index contributed by atoms with van der Waals surface area (Å²) in [4.78, 5) is 4.33. The molecular weight excluding hydrogens is 164 g/mol. The molecule has 1 aliphatic rings. The highest BCUT2D eigenvalue weighted by Gasteiger charge is 2.39. The molecule has 2 atom stereocenters. The van der Waals surface area contributed by atoms with Crippen molar-refractivity contribution in [1.82, 2.24) is 4.98 Å². The fraction of sp³-hybridized carbons (Fsp3) is 0.500. The van der Waals surface area contributed by atoms with Crippen molar-refractivity contribution in [1.29, 1.82) is 0 Å². The van der Waals surface area contributed by atoms with Crippen molar-refractivity contribution >= 4 is 0 Å². The van der Waals surface area contributed by atoms with Gasteiger partial charge in [0, 0.05) is 12.1 Å². The second-order valence-electron chi connectivity index (χ2n) is 3.43. The number of pyridine rings is 1. The predicted molar refractivity (Wildman–Crippen MR) is 50.7 cm³/mol. The van der Waals surface area contributed by atoms with Gasteiger partial charge < -0.3 is 10.5 Å². The molecule has 1 aromatic rings. The second kappa shape index (κ2) is 3.34. The average Bonchev–Trinajstić information content (AvgIpc) is 2.96. The number of nitrogens with zero attached hydrogens (tertiary/aromatic N) is 1. The maximum atomic E-state index is 5.58. The second-order valence-corrected chi connectivity index (χ2v) is 3.43. The molecule has 1 heterocycles. The molecule has 1 fully saturated rings. The molecule has 1 saturated carbocycles. The molecule has 0 aromatic carbocycles. The Kier molecular flexibility index (Phi) is 2.19. The van der Waals surface area contributed by atoms with Crippen LogP contribution in [0.5, 0.6) is 5.75 Å². The minimum absolute atomic E-state index is 0.529. The summed E-state index contributed by atoms with van der Waals surface area (Å²) < 4.78 is 5.24. The van der Waals surface area contributed by atoms with Crippen LogP contribution in [0.25, 0.3) is 0 Å². The van der Waals surface area contributed by atoms with Crippen molar-refractivity contribution in [3.8, 4) is 5.75 Å². The van der Waals surface area contributed by atoms with Crippen molar-refractivity contribution < 1.29 is 4.74 Å². The van der Waals surface area contributed by atoms with Crippen molar-refractivity contribution in [3.63, 3.8) is 0 Å². The number of hydrogen-bond donors (Lipinski definition) is 1. The van der Waals surface area contributed by atoms with Crippen LogP contribution in [0.3, 0.4) is 0 Å². The van der Waals surface area contributed by atoms with Gasteiger partial charge >= 0.3 is 0 Å². The molecule has 3 heteroatoms. The molecule has 0 radical (unpaired) electrons. The molecule has 0 saturated heterocycles. The van der Waals surface area contributed by atoms with E-state index in [4.69, 9.17) is 10.5 Å². The smallest absolute Gasteiger partial charge is 0.140 e. The molecule has 0 aliphatic heterocycles. The van der Waals surface area contributed by atoms with Gasteiger partial charge in [-0.3, -0.25) is 4.98 Å². The fourth-order valence-corrected chi connectivity index (χ4v) is 1.70. The van der Waals surface area contributed by atoms with E-state index < -0.39 is 0 Å². The summed E-state index contributed by atoms with van der Waals surface area (Å²) in [6.45, 7) is 0.754. The summed E-state index contributed by atoms with van der Waals surface area (Å²) in [5.41, 5.74) is 6.65. The van der Waals surface area contributed by atoms with Gasteiger partial charge in [0.2, 0.25) is 0 Å². The van der Waals surface area contributed by atoms with Gasteiger partial charge in [-0.05, 0) is 31.0 Å². The normalized spacial score (nSPS) is 25.7. The Morgan fingerprint density at radius 2 is 2.54 bits per heavy atom. The van der Waals surface area contributed by atoms with E-state index in [9.17, 15) is 0 Å². The number of hydrogen-bond acceptors (Lipinski definition) is 3. The van der Waals surface area contributed by atoms with E-state index in [2.05, 4.69) is 4.98 Å². The Labute approximate surface area is 77.9 Å². The van der Waals surface area contributed by atoms with E-state index >= 15 is 0 Å². The van der Waals surface area contributed by atoms with Crippen molar-refractivity contribution in [2.24, 2.45) is 11.7 Å². The lowest BCUT2D eigenvalue weighted by Gasteiger charge is -2.05. The van der Waals surface area contributed by atoms with Crippen molar-refractivity contribution in [2.45, 2.75) is 12.3 Å². The summed E-state index contributed by atoms with van der Waals surface area (Å²) >= 11 is 0. The third-order valence-corrected chi connectivity index (χ3v) is 2.60. The molecule has 2 rings (SSSR count). The van der Waals surface area contributed by atoms with Gasteiger partial charge in [0.25, 0.3) is 0 Å². The standard InChI is InChI=1S/C10H14N2O/c1-13-9-3-2-4-12-10(9)8-5-7(8)6-11/h2-4,7-8H,5-6,11H2,1H3. The summed E-state index contributed by atoms with van der Waals surface area (Å²) in [6.07, 6.45) is 2.97. The van der Waals surface area contributed by atoms with Gasteiger partial charge in [0.1, 0.15) is 5.75 Å². The molecule has 2 N–H and O–H groups in total. The number of ether oxygens (including phenoxy) is 1. The van der Waals surface area contributed by atoms with Crippen LogP contribution in [-0.2, 0) is 0 Å². The first-order valence-corrected chi connectivity index (χ1v) is 4.55. The Hall–Kier alpha value is -1.09. The van der Waals surface area contributed by atoms with E-state index in [1.807, 2.05) is 18.3 Å². The zero-order chi connectivity index (χ0) is 9.26. The zero-order valence-corrected chi connectivity index (χ0v) is 7.73. The van der Waals surface area contributed by atoms with Crippen LogP contribution in [0.4, 0.5) is 0 Å². The van der Waals surface area contributed by atoms with Gasteiger partial charge in [-0.25, -0.2) is 0 Å². The summed E-state index contributed by atoms with van der Waals surface area (Å²) in [6, 6.07) is 3.84. The summed E-state index contributed by atoms with van der Waals surface area (Å²) in [5.74, 6) is 2.04. The monoisotopic (exact) mass is 178 g/mol. The van der Waals surface area contributed by atoms with E-state index in [0.29, 0.717) is 11.8 Å². The highest BCUT2D eigenvalue weighted by molar-refractivity contribution is 5.33. The maximum Gasteiger partial charge on any atom is 0.140 e. The molecular formula is C10H14N2O. The van der Waals surface area contributed by atoms with Crippen LogP contribution in [0.1, 0.15) is 18.0 Å². The summed E-state index contributed by atoms with van der Waals surface area (Å²) in [5, 5.41) is 0. The highest BCUT2D eigenvalue weighted by atomic mass is 16.5. The first kappa shape index (κ1) is 8.51. The molecule has 1 aliphatic carbocycles. The lowest BCUT2D eigenvalue weighted by Crippen LogP contribution is -2.03. The molecule has 0 spiro atoms. The molecule has 0 amide bonds. The Morgan fingerprint density at radius 1 is 1.69 bits per heavy atom. The summed E-state index contributed by atoms with van der Waals surface area (Å²) in [7, 11) is 1.68. The fourth-order valence-electron chi connectivity index (χ4n) is 1.70. The van der Waals surface area contributed by atoms with Gasteiger partial charge in [-0.15, -0.1) is 0 Å². The Bertz CT molecular complexity index is 301. The number of rotatable bonds is 3. The molecule has 70 valence electrons. The lowest BCUT2D eigenvalue weighted by molar-refractivity contribution is 0.406. The van der Waals surface area contributed by atoms with E-state index in [1.165, 1.54) is 0 Å². The van der Waals surface area contributed by atoms with Gasteiger partial charge in [0.05, 0.1) is 12.8 Å². The number of aromatic nitrogens is 1. The Balaban J connectivity index is 2.20. The third-order valence-electron chi connectivity index (χ3n) is 2.60. The minimum Gasteiger partial charge on any atom is -0.495 e. The first-order valence-electron chi connectivity index (χ1n) is 4.55. The third kappa shape index (κ3) is 1.52. The minimum atomic E-state index is 0.529. The van der Waals surface area contributed by atoms with Gasteiger partial charge in [-0.2, -0.15) is 0 Å². The van der Waals surface area contributed by atoms with E-state index in [-0.39, 0.29) is 0 Å². The quantitative estimate of drug-likeness (QED) is 0.755. The first-order chi connectivity index (χ1) is 6.36. The van der Waals surface area contributed by atoms with Gasteiger partial charge in [0.15, 0.2) is 0 Å². The molecule has 13 heavy (non-hydrogen) atoms.